The summed E-state index contributed by atoms with van der Waals surface area (Å²) in [5.41, 5.74) is -1.19. The van der Waals surface area contributed by atoms with Crippen molar-refractivity contribution in [3.8, 4) is 0 Å². The van der Waals surface area contributed by atoms with Crippen LogP contribution >= 0.6 is 0 Å². The number of carbonyl (C=O) groups excluding carboxylic acids is 3. The molecule has 2 atom stereocenters. The van der Waals surface area contributed by atoms with Crippen LogP contribution in [-0.2, 0) is 23.8 Å². The van der Waals surface area contributed by atoms with Crippen LogP contribution in [0.2, 0.25) is 0 Å². The molecule has 0 unspecified atom stereocenters. The largest absolute Gasteiger partial charge is 0.480 e. The molecule has 0 aliphatic rings. The molecule has 0 aromatic rings. The lowest BCUT2D eigenvalue weighted by molar-refractivity contribution is -0.147. The molecule has 0 bridgehead atoms. The van der Waals surface area contributed by atoms with E-state index in [0.29, 0.717) is 12.5 Å². The Morgan fingerprint density at radius 3 is 1.38 bits per heavy atom. The Bertz CT molecular complexity index is 648. The Balaban J connectivity index is -0.000000615. The van der Waals surface area contributed by atoms with Crippen LogP contribution in [0, 0.1) is 5.92 Å². The minimum absolute atomic E-state index is 0.401. The van der Waals surface area contributed by atoms with Gasteiger partial charge in [0.05, 0.1) is 6.61 Å². The Morgan fingerprint density at radius 1 is 0.730 bits per heavy atom. The highest BCUT2D eigenvalue weighted by Gasteiger charge is 2.23. The van der Waals surface area contributed by atoms with Gasteiger partial charge in [0, 0.05) is 0 Å². The van der Waals surface area contributed by atoms with Gasteiger partial charge in [0.15, 0.2) is 0 Å². The van der Waals surface area contributed by atoms with Crippen LogP contribution in [0.25, 0.3) is 0 Å². The van der Waals surface area contributed by atoms with E-state index < -0.39 is 47.4 Å². The van der Waals surface area contributed by atoms with Crippen molar-refractivity contribution in [3.05, 3.63) is 0 Å². The van der Waals surface area contributed by atoms with Crippen molar-refractivity contribution in [3.63, 3.8) is 0 Å². The molecule has 0 spiro atoms. The van der Waals surface area contributed by atoms with E-state index in [1.807, 2.05) is 0 Å². The van der Waals surface area contributed by atoms with Crippen molar-refractivity contribution in [1.29, 1.82) is 0 Å². The summed E-state index contributed by atoms with van der Waals surface area (Å²) in [7, 11) is 0. The van der Waals surface area contributed by atoms with Crippen molar-refractivity contribution >= 4 is 24.1 Å². The summed E-state index contributed by atoms with van der Waals surface area (Å²) >= 11 is 0. The number of ether oxygens (including phenoxy) is 3. The van der Waals surface area contributed by atoms with Crippen molar-refractivity contribution in [2.45, 2.75) is 138 Å². The van der Waals surface area contributed by atoms with Gasteiger partial charge in [-0.2, -0.15) is 0 Å². The number of hydrogen-bond donors (Lipinski definition) is 3. The van der Waals surface area contributed by atoms with Crippen molar-refractivity contribution in [1.82, 2.24) is 10.6 Å². The first-order chi connectivity index (χ1) is 16.8. The molecule has 2 amide bonds. The van der Waals surface area contributed by atoms with E-state index in [-0.39, 0.29) is 0 Å². The molecule has 0 saturated heterocycles. The normalized spacial score (nSPS) is 12.5. The number of alkyl carbamates (subject to hydrolysis) is 2. The second-order valence-electron chi connectivity index (χ2n) is 10.9. The quantitative estimate of drug-likeness (QED) is 0.227. The number of hydrogen-bond acceptors (Lipinski definition) is 7. The molecule has 0 heterocycles. The number of esters is 1. The average Bonchev–Trinajstić information content (AvgIpc) is 2.70. The average molecular weight is 535 g/mol. The zero-order valence-corrected chi connectivity index (χ0v) is 25.3. The molecule has 0 aliphatic heterocycles. The van der Waals surface area contributed by atoms with E-state index in [0.717, 1.165) is 25.7 Å². The van der Waals surface area contributed by atoms with Crippen LogP contribution in [0.4, 0.5) is 9.59 Å². The van der Waals surface area contributed by atoms with E-state index >= 15 is 0 Å². The predicted octanol–water partition coefficient (Wildman–Crippen LogP) is 6.06. The van der Waals surface area contributed by atoms with Crippen LogP contribution in [0.3, 0.4) is 0 Å². The Labute approximate surface area is 224 Å². The summed E-state index contributed by atoms with van der Waals surface area (Å²) in [5, 5.41) is 13.1. The molecule has 0 fully saturated rings. The van der Waals surface area contributed by atoms with Crippen LogP contribution in [0.1, 0.15) is 115 Å². The second kappa shape index (κ2) is 20.5. The zero-order valence-electron chi connectivity index (χ0n) is 25.3. The minimum atomic E-state index is -1.09. The highest BCUT2D eigenvalue weighted by molar-refractivity contribution is 5.81. The molecule has 0 saturated carbocycles. The van der Waals surface area contributed by atoms with Crippen LogP contribution < -0.4 is 10.6 Å². The molecular weight excluding hydrogens is 480 g/mol. The Kier molecular flexibility index (Phi) is 21.6. The Morgan fingerprint density at radius 2 is 1.08 bits per heavy atom. The molecule has 37 heavy (non-hydrogen) atoms. The maximum atomic E-state index is 11.9. The molecule has 0 radical (unpaired) electrons. The fraction of sp³-hybridized carbons (Fsp3) is 0.852. The van der Waals surface area contributed by atoms with Gasteiger partial charge < -0.3 is 30.0 Å². The van der Waals surface area contributed by atoms with Crippen LogP contribution in [-0.4, -0.2) is 59.1 Å². The van der Waals surface area contributed by atoms with Gasteiger partial charge in [0.25, 0.3) is 0 Å². The number of rotatable bonds is 10. The molecule has 220 valence electrons. The maximum absolute atomic E-state index is 11.9. The van der Waals surface area contributed by atoms with Crippen LogP contribution in [0.15, 0.2) is 0 Å². The first-order valence-corrected chi connectivity index (χ1v) is 13.2. The molecule has 0 aliphatic carbocycles. The number of carboxylic acid groups (broad SMARTS) is 1. The fourth-order valence-electron chi connectivity index (χ4n) is 2.54. The summed E-state index contributed by atoms with van der Waals surface area (Å²) in [4.78, 5) is 44.7. The second-order valence-corrected chi connectivity index (χ2v) is 10.9. The third-order valence-corrected chi connectivity index (χ3v) is 4.05. The van der Waals surface area contributed by atoms with Gasteiger partial charge in [0.1, 0.15) is 23.3 Å². The van der Waals surface area contributed by atoms with E-state index in [9.17, 15) is 19.2 Å². The number of carboxylic acids is 1. The molecule has 0 rings (SSSR count). The van der Waals surface area contributed by atoms with Gasteiger partial charge in [-0.25, -0.2) is 14.4 Å². The fourth-order valence-corrected chi connectivity index (χ4v) is 2.54. The lowest BCUT2D eigenvalue weighted by Gasteiger charge is -2.22. The highest BCUT2D eigenvalue weighted by Crippen LogP contribution is 2.14. The highest BCUT2D eigenvalue weighted by atomic mass is 16.6. The first kappa shape index (κ1) is 39.0. The topological polar surface area (TPSA) is 140 Å². The summed E-state index contributed by atoms with van der Waals surface area (Å²) in [6.07, 6.45) is 4.18. The molecule has 0 aromatic carbocycles. The van der Waals surface area contributed by atoms with Gasteiger partial charge in [-0.3, -0.25) is 4.79 Å². The predicted molar refractivity (Wildman–Crippen MR) is 146 cm³/mol. The van der Waals surface area contributed by atoms with Crippen molar-refractivity contribution < 1.29 is 38.5 Å². The lowest BCUT2D eigenvalue weighted by Crippen LogP contribution is -2.42. The van der Waals surface area contributed by atoms with Crippen LogP contribution in [0.5, 0.6) is 0 Å². The summed E-state index contributed by atoms with van der Waals surface area (Å²) in [6.45, 7) is 22.3. The maximum Gasteiger partial charge on any atom is 0.408 e. The molecule has 10 heteroatoms. The SMILES string of the molecule is CCC.CCCC(CCC)COC(=O)[C@H](C)NC(=O)OC(C)(C)C.C[C@H](NC(=O)OC(C)(C)C)C(=O)O. The lowest BCUT2D eigenvalue weighted by atomic mass is 9.99. The van der Waals surface area contributed by atoms with Gasteiger partial charge in [0.2, 0.25) is 0 Å². The summed E-state index contributed by atoms with van der Waals surface area (Å²) in [6, 6.07) is -1.64. The number of amides is 2. The summed E-state index contributed by atoms with van der Waals surface area (Å²) < 4.78 is 15.2. The van der Waals surface area contributed by atoms with Crippen molar-refractivity contribution in [2.24, 2.45) is 5.92 Å². The van der Waals surface area contributed by atoms with E-state index in [1.165, 1.54) is 13.3 Å². The van der Waals surface area contributed by atoms with Gasteiger partial charge in [-0.1, -0.05) is 47.0 Å². The third kappa shape index (κ3) is 27.9. The van der Waals surface area contributed by atoms with Crippen molar-refractivity contribution in [2.75, 3.05) is 6.61 Å². The minimum Gasteiger partial charge on any atom is -0.480 e. The zero-order chi connectivity index (χ0) is 29.8. The smallest absolute Gasteiger partial charge is 0.408 e. The number of carbonyl (C=O) groups is 4. The summed E-state index contributed by atoms with van der Waals surface area (Å²) in [5.74, 6) is -1.11. The number of aliphatic carboxylic acids is 1. The van der Waals surface area contributed by atoms with E-state index in [2.05, 4.69) is 38.3 Å². The number of nitrogens with one attached hydrogen (secondary N) is 2. The van der Waals surface area contributed by atoms with E-state index in [4.69, 9.17) is 19.3 Å². The molecule has 10 nitrogen and oxygen atoms in total. The molecular formula is C27H54N2O8. The Hall–Kier alpha value is -2.52. The van der Waals surface area contributed by atoms with E-state index in [1.54, 1.807) is 48.5 Å². The molecule has 0 aromatic heterocycles. The monoisotopic (exact) mass is 534 g/mol. The molecule has 3 N–H and O–H groups in total. The standard InChI is InChI=1S/C16H31NO4.C8H15NO4.C3H8/c1-7-9-13(10-8-2)11-20-14(18)12(3)17-15(19)21-16(4,5)6;1-5(6(10)11)9-7(12)13-8(2,3)4;1-3-2/h12-13H,7-11H2,1-6H3,(H,17,19);5H,1-4H3,(H,9,12)(H,10,11);3H2,1-2H3/t12-;5-;/m00./s1. The van der Waals surface area contributed by atoms with Gasteiger partial charge in [-0.15, -0.1) is 0 Å². The van der Waals surface area contributed by atoms with Gasteiger partial charge >= 0.3 is 24.1 Å². The first-order valence-electron chi connectivity index (χ1n) is 13.2. The third-order valence-electron chi connectivity index (χ3n) is 4.05. The van der Waals surface area contributed by atoms with Gasteiger partial charge in [-0.05, 0) is 74.1 Å².